The van der Waals surface area contributed by atoms with Crippen molar-refractivity contribution in [1.82, 2.24) is 9.47 Å². The molecular weight excluding hydrogens is 426 g/mol. The number of piperidine rings is 1. The Morgan fingerprint density at radius 3 is 2.93 bits per heavy atom. The van der Waals surface area contributed by atoms with Gasteiger partial charge < -0.3 is 14.8 Å². The van der Waals surface area contributed by atoms with Gasteiger partial charge in [0.05, 0.1) is 5.75 Å². The van der Waals surface area contributed by atoms with E-state index in [1.165, 1.54) is 11.8 Å². The van der Waals surface area contributed by atoms with Gasteiger partial charge in [-0.3, -0.25) is 9.59 Å². The number of benzene rings is 1. The second-order valence-electron chi connectivity index (χ2n) is 7.67. The van der Waals surface area contributed by atoms with Crippen LogP contribution in [0.5, 0.6) is 0 Å². The number of pyridine rings is 1. The minimum atomic E-state index is -0.100. The highest BCUT2D eigenvalue weighted by molar-refractivity contribution is 8.23. The first kappa shape index (κ1) is 20.4. The number of amides is 1. The molecule has 0 unspecified atom stereocenters. The third kappa shape index (κ3) is 4.52. The number of rotatable bonds is 3. The van der Waals surface area contributed by atoms with Gasteiger partial charge in [0.25, 0.3) is 5.56 Å². The molecule has 0 saturated carbocycles. The molecule has 1 N–H and O–H groups in total. The van der Waals surface area contributed by atoms with Crippen molar-refractivity contribution < 1.29 is 4.79 Å². The zero-order chi connectivity index (χ0) is 20.5. The third-order valence-corrected chi connectivity index (χ3v) is 7.30. The highest BCUT2D eigenvalue weighted by Gasteiger charge is 2.35. The molecule has 152 valence electrons. The van der Waals surface area contributed by atoms with E-state index in [0.717, 1.165) is 47.3 Å². The molecule has 2 bridgehead atoms. The minimum absolute atomic E-state index is 0.0792. The van der Waals surface area contributed by atoms with E-state index in [1.807, 2.05) is 29.7 Å². The molecule has 3 heterocycles. The molecule has 1 fully saturated rings. The molecule has 8 heteroatoms. The molecule has 1 aromatic carbocycles. The fourth-order valence-electron chi connectivity index (χ4n) is 4.18. The lowest BCUT2D eigenvalue weighted by molar-refractivity contribution is -0.113. The molecule has 1 aromatic heterocycles. The summed E-state index contributed by atoms with van der Waals surface area (Å²) < 4.78 is 2.65. The topological polar surface area (TPSA) is 54.3 Å². The summed E-state index contributed by atoms with van der Waals surface area (Å²) in [5.74, 6) is 0.865. The smallest absolute Gasteiger partial charge is 0.250 e. The number of fused-ring (bicyclic) bond motifs is 4. The molecule has 4 rings (SSSR count). The maximum Gasteiger partial charge on any atom is 0.250 e. The van der Waals surface area contributed by atoms with Gasteiger partial charge in [-0.2, -0.15) is 0 Å². The second-order valence-corrected chi connectivity index (χ2v) is 9.71. The number of nitrogens with zero attached hydrogens (tertiary/aromatic N) is 2. The van der Waals surface area contributed by atoms with E-state index < -0.39 is 0 Å². The van der Waals surface area contributed by atoms with Gasteiger partial charge in [-0.15, -0.1) is 0 Å². The maximum atomic E-state index is 12.4. The van der Waals surface area contributed by atoms with Crippen molar-refractivity contribution >= 4 is 51.5 Å². The van der Waals surface area contributed by atoms with E-state index in [1.54, 1.807) is 18.2 Å². The van der Waals surface area contributed by atoms with Gasteiger partial charge in [0, 0.05) is 48.0 Å². The Balaban J connectivity index is 1.36. The number of thiocarbonyl (C=S) groups is 1. The van der Waals surface area contributed by atoms with Crippen LogP contribution >= 0.6 is 35.6 Å². The maximum absolute atomic E-state index is 12.4. The van der Waals surface area contributed by atoms with Crippen molar-refractivity contribution in [3.05, 3.63) is 63.0 Å². The first-order chi connectivity index (χ1) is 13.9. The summed E-state index contributed by atoms with van der Waals surface area (Å²) in [6, 6.07) is 10.9. The second kappa shape index (κ2) is 8.50. The molecule has 2 atom stereocenters. The summed E-state index contributed by atoms with van der Waals surface area (Å²) in [6.07, 6.45) is 1.09. The van der Waals surface area contributed by atoms with Gasteiger partial charge in [-0.1, -0.05) is 47.7 Å². The largest absolute Gasteiger partial charge is 0.356 e. The first-order valence-electron chi connectivity index (χ1n) is 9.58. The zero-order valence-electron chi connectivity index (χ0n) is 16.1. The molecule has 29 heavy (non-hydrogen) atoms. The Kier molecular flexibility index (Phi) is 5.99. The number of aromatic nitrogens is 1. The third-order valence-electron chi connectivity index (χ3n) is 5.54. The van der Waals surface area contributed by atoms with E-state index >= 15 is 0 Å². The Hall–Kier alpha value is -1.83. The molecule has 1 amide bonds. The number of hydrogen-bond donors (Lipinski definition) is 1. The van der Waals surface area contributed by atoms with E-state index in [0.29, 0.717) is 16.9 Å². The molecule has 1 saturated heterocycles. The van der Waals surface area contributed by atoms with Crippen LogP contribution in [0.15, 0.2) is 41.2 Å². The Morgan fingerprint density at radius 2 is 2.10 bits per heavy atom. The van der Waals surface area contributed by atoms with Gasteiger partial charge >= 0.3 is 0 Å². The molecule has 2 aliphatic heterocycles. The predicted molar refractivity (Wildman–Crippen MR) is 123 cm³/mol. The van der Waals surface area contributed by atoms with Crippen LogP contribution in [0.1, 0.15) is 23.6 Å². The lowest BCUT2D eigenvalue weighted by atomic mass is 9.83. The fraction of sp³-hybridized carbons (Fsp3) is 0.381. The van der Waals surface area contributed by atoms with Crippen LogP contribution in [0.3, 0.4) is 0 Å². The van der Waals surface area contributed by atoms with Crippen LogP contribution in [-0.2, 0) is 11.3 Å². The Morgan fingerprint density at radius 1 is 1.28 bits per heavy atom. The number of nitrogens with one attached hydrogen (secondary N) is 1. The van der Waals surface area contributed by atoms with Crippen LogP contribution < -0.4 is 10.9 Å². The van der Waals surface area contributed by atoms with E-state index in [9.17, 15) is 9.59 Å². The number of hydrogen-bond acceptors (Lipinski definition) is 4. The number of carbonyl (C=O) groups is 1. The van der Waals surface area contributed by atoms with Crippen molar-refractivity contribution in [1.29, 1.82) is 0 Å². The van der Waals surface area contributed by atoms with Crippen molar-refractivity contribution in [2.24, 2.45) is 5.92 Å². The lowest BCUT2D eigenvalue weighted by Crippen LogP contribution is -2.48. The normalized spacial score (nSPS) is 20.1. The van der Waals surface area contributed by atoms with Crippen molar-refractivity contribution in [3.8, 4) is 0 Å². The molecule has 2 aromatic rings. The van der Waals surface area contributed by atoms with Crippen LogP contribution in [0.2, 0.25) is 5.02 Å². The minimum Gasteiger partial charge on any atom is -0.356 e. The Labute approximate surface area is 184 Å². The predicted octanol–water partition coefficient (Wildman–Crippen LogP) is 3.89. The van der Waals surface area contributed by atoms with Crippen LogP contribution in [0.25, 0.3) is 0 Å². The standard InChI is InChI=1S/C21H22ClN3O2S2/c1-13-5-6-16(22)8-17(13)23-19(26)12-29-21(28)24-9-14-7-15(11-24)18-3-2-4-20(27)25(18)10-14/h2-6,8,14-15H,7,9-12H2,1H3,(H,23,26)/t14-,15-/m0/s1. The Bertz CT molecular complexity index is 1020. The van der Waals surface area contributed by atoms with Crippen LogP contribution in [0, 0.1) is 12.8 Å². The van der Waals surface area contributed by atoms with Gasteiger partial charge in [-0.05, 0) is 43.0 Å². The van der Waals surface area contributed by atoms with Gasteiger partial charge in [-0.25, -0.2) is 0 Å². The average molecular weight is 448 g/mol. The molecule has 5 nitrogen and oxygen atoms in total. The number of halogens is 1. The summed E-state index contributed by atoms with van der Waals surface area (Å²) >= 11 is 13.0. The molecular formula is C21H22ClN3O2S2. The highest BCUT2D eigenvalue weighted by atomic mass is 35.5. The monoisotopic (exact) mass is 447 g/mol. The van der Waals surface area contributed by atoms with Gasteiger partial charge in [0.15, 0.2) is 0 Å². The number of carbonyl (C=O) groups excluding carboxylic acids is 1. The van der Waals surface area contributed by atoms with Crippen LogP contribution in [0.4, 0.5) is 5.69 Å². The number of aryl methyl sites for hydroxylation is 1. The molecule has 0 aliphatic carbocycles. The summed E-state index contributed by atoms with van der Waals surface area (Å²) in [6.45, 7) is 4.29. The quantitative estimate of drug-likeness (QED) is 0.723. The van der Waals surface area contributed by atoms with E-state index in [2.05, 4.69) is 10.2 Å². The summed E-state index contributed by atoms with van der Waals surface area (Å²) in [4.78, 5) is 26.7. The highest BCUT2D eigenvalue weighted by Crippen LogP contribution is 2.36. The van der Waals surface area contributed by atoms with Crippen molar-refractivity contribution in [2.75, 3.05) is 24.2 Å². The lowest BCUT2D eigenvalue weighted by Gasteiger charge is -2.43. The summed E-state index contributed by atoms with van der Waals surface area (Å²) in [5, 5.41) is 3.50. The van der Waals surface area contributed by atoms with E-state index in [-0.39, 0.29) is 17.2 Å². The molecule has 0 spiro atoms. The molecule has 2 aliphatic rings. The van der Waals surface area contributed by atoms with Gasteiger partial charge in [0.2, 0.25) is 5.91 Å². The zero-order valence-corrected chi connectivity index (χ0v) is 18.4. The number of thioether (sulfide) groups is 1. The fourth-order valence-corrected chi connectivity index (χ4v) is 5.34. The summed E-state index contributed by atoms with van der Waals surface area (Å²) in [7, 11) is 0. The van der Waals surface area contributed by atoms with Crippen LogP contribution in [-0.4, -0.2) is 38.5 Å². The van der Waals surface area contributed by atoms with Crippen molar-refractivity contribution in [3.63, 3.8) is 0 Å². The molecule has 0 radical (unpaired) electrons. The average Bonchev–Trinajstić information content (AvgIpc) is 2.69. The SMILES string of the molecule is Cc1ccc(Cl)cc1NC(=O)CSC(=S)N1C[C@@H]2C[C@@H](C1)c1cccc(=O)n1C2. The van der Waals surface area contributed by atoms with E-state index in [4.69, 9.17) is 23.8 Å². The van der Waals surface area contributed by atoms with Gasteiger partial charge in [0.1, 0.15) is 4.32 Å². The summed E-state index contributed by atoms with van der Waals surface area (Å²) in [5.41, 5.74) is 2.87. The number of likely N-dealkylation sites (tertiary alicyclic amines) is 1. The van der Waals surface area contributed by atoms with Crippen molar-refractivity contribution in [2.45, 2.75) is 25.8 Å². The first-order valence-corrected chi connectivity index (χ1v) is 11.4. The number of anilines is 1.